The summed E-state index contributed by atoms with van der Waals surface area (Å²) in [5, 5.41) is 0. The van der Waals surface area contributed by atoms with E-state index >= 15 is 0 Å². The van der Waals surface area contributed by atoms with Crippen LogP contribution in [0.15, 0.2) is 45.5 Å². The Morgan fingerprint density at radius 3 is 2.72 bits per heavy atom. The van der Waals surface area contributed by atoms with Crippen molar-refractivity contribution < 1.29 is 4.42 Å². The minimum atomic E-state index is 0.559. The molecule has 0 aliphatic heterocycles. The predicted molar refractivity (Wildman–Crippen MR) is 77.5 cm³/mol. The van der Waals surface area contributed by atoms with E-state index < -0.39 is 0 Å². The number of anilines is 1. The molecule has 18 heavy (non-hydrogen) atoms. The van der Waals surface area contributed by atoms with E-state index in [0.29, 0.717) is 6.54 Å². The molecular weight excluding hydrogens is 292 g/mol. The van der Waals surface area contributed by atoms with Gasteiger partial charge >= 0.3 is 0 Å². The second kappa shape index (κ2) is 6.07. The first-order valence-corrected chi connectivity index (χ1v) is 6.79. The largest absolute Gasteiger partial charge is 0.467 e. The van der Waals surface area contributed by atoms with E-state index in [9.17, 15) is 0 Å². The highest BCUT2D eigenvalue weighted by Gasteiger charge is 2.10. The zero-order valence-corrected chi connectivity index (χ0v) is 12.0. The number of furan rings is 1. The van der Waals surface area contributed by atoms with Crippen molar-refractivity contribution in [3.8, 4) is 0 Å². The molecule has 96 valence electrons. The fraction of sp³-hybridized carbons (Fsp3) is 0.286. The van der Waals surface area contributed by atoms with Crippen LogP contribution >= 0.6 is 15.9 Å². The van der Waals surface area contributed by atoms with Gasteiger partial charge in [-0.2, -0.15) is 0 Å². The normalized spacial score (nSPS) is 10.6. The van der Waals surface area contributed by atoms with Crippen LogP contribution in [-0.4, -0.2) is 6.54 Å². The molecule has 0 bridgehead atoms. The molecule has 0 saturated carbocycles. The van der Waals surface area contributed by atoms with Crippen molar-refractivity contribution in [2.75, 3.05) is 11.4 Å². The molecule has 0 spiro atoms. The summed E-state index contributed by atoms with van der Waals surface area (Å²) < 4.78 is 6.46. The molecule has 2 rings (SSSR count). The van der Waals surface area contributed by atoms with Gasteiger partial charge in [-0.05, 0) is 52.7 Å². The molecule has 0 amide bonds. The molecule has 4 heteroatoms. The summed E-state index contributed by atoms with van der Waals surface area (Å²) in [5.74, 6) is 0.964. The van der Waals surface area contributed by atoms with Crippen molar-refractivity contribution >= 4 is 21.6 Å². The first kappa shape index (κ1) is 13.2. The topological polar surface area (TPSA) is 42.4 Å². The van der Waals surface area contributed by atoms with Crippen LogP contribution in [0.25, 0.3) is 0 Å². The number of rotatable bonds is 5. The Hall–Kier alpha value is -1.26. The third kappa shape index (κ3) is 2.94. The van der Waals surface area contributed by atoms with Crippen LogP contribution in [0.5, 0.6) is 0 Å². The van der Waals surface area contributed by atoms with Crippen LogP contribution < -0.4 is 10.6 Å². The molecule has 0 radical (unpaired) electrons. The summed E-state index contributed by atoms with van der Waals surface area (Å²) in [7, 11) is 0. The minimum absolute atomic E-state index is 0.559. The Kier molecular flexibility index (Phi) is 4.44. The number of hydrogen-bond donors (Lipinski definition) is 1. The predicted octanol–water partition coefficient (Wildman–Crippen LogP) is 3.53. The van der Waals surface area contributed by atoms with Crippen molar-refractivity contribution in [1.29, 1.82) is 0 Å². The average Bonchev–Trinajstić information content (AvgIpc) is 2.89. The quantitative estimate of drug-likeness (QED) is 0.919. The molecular formula is C14H17BrN2O. The van der Waals surface area contributed by atoms with Crippen molar-refractivity contribution in [3.63, 3.8) is 0 Å². The van der Waals surface area contributed by atoms with Crippen molar-refractivity contribution in [2.45, 2.75) is 20.0 Å². The van der Waals surface area contributed by atoms with E-state index in [1.807, 2.05) is 12.1 Å². The summed E-state index contributed by atoms with van der Waals surface area (Å²) >= 11 is 3.61. The van der Waals surface area contributed by atoms with E-state index in [4.69, 9.17) is 10.2 Å². The van der Waals surface area contributed by atoms with Gasteiger partial charge in [0.2, 0.25) is 0 Å². The number of halogens is 1. The molecule has 2 aromatic rings. The van der Waals surface area contributed by atoms with Gasteiger partial charge < -0.3 is 15.1 Å². The monoisotopic (exact) mass is 308 g/mol. The maximum absolute atomic E-state index is 5.64. The molecule has 1 heterocycles. The van der Waals surface area contributed by atoms with E-state index in [0.717, 1.165) is 34.6 Å². The van der Waals surface area contributed by atoms with Crippen LogP contribution in [0.4, 0.5) is 5.69 Å². The van der Waals surface area contributed by atoms with Gasteiger partial charge in [0.25, 0.3) is 0 Å². The molecule has 2 N–H and O–H groups in total. The van der Waals surface area contributed by atoms with Crippen LogP contribution in [-0.2, 0) is 13.1 Å². The fourth-order valence-electron chi connectivity index (χ4n) is 1.89. The van der Waals surface area contributed by atoms with E-state index in [-0.39, 0.29) is 0 Å². The molecule has 0 aliphatic rings. The van der Waals surface area contributed by atoms with Gasteiger partial charge in [0.1, 0.15) is 5.76 Å². The molecule has 0 fully saturated rings. The van der Waals surface area contributed by atoms with Crippen LogP contribution in [0, 0.1) is 0 Å². The molecule has 3 nitrogen and oxygen atoms in total. The summed E-state index contributed by atoms with van der Waals surface area (Å²) in [6.07, 6.45) is 1.70. The number of nitrogens with zero attached hydrogens (tertiary/aromatic N) is 1. The van der Waals surface area contributed by atoms with Gasteiger partial charge in [-0.25, -0.2) is 0 Å². The Balaban J connectivity index is 2.22. The third-order valence-corrected chi connectivity index (χ3v) is 3.53. The SMILES string of the molecule is CCN(Cc1ccco1)c1ccc(CN)cc1Br. The van der Waals surface area contributed by atoms with Crippen molar-refractivity contribution in [3.05, 3.63) is 52.4 Å². The van der Waals surface area contributed by atoms with Crippen molar-refractivity contribution in [2.24, 2.45) is 5.73 Å². The van der Waals surface area contributed by atoms with E-state index in [2.05, 4.69) is 46.0 Å². The maximum atomic E-state index is 5.64. The lowest BCUT2D eigenvalue weighted by Crippen LogP contribution is -2.22. The Morgan fingerprint density at radius 2 is 2.17 bits per heavy atom. The molecule has 1 aromatic carbocycles. The first-order valence-electron chi connectivity index (χ1n) is 6.00. The smallest absolute Gasteiger partial charge is 0.123 e. The van der Waals surface area contributed by atoms with Crippen LogP contribution in [0.1, 0.15) is 18.2 Å². The van der Waals surface area contributed by atoms with Gasteiger partial charge in [-0.3, -0.25) is 0 Å². The van der Waals surface area contributed by atoms with E-state index in [1.54, 1.807) is 6.26 Å². The molecule has 0 aliphatic carbocycles. The lowest BCUT2D eigenvalue weighted by atomic mass is 10.2. The fourth-order valence-corrected chi connectivity index (χ4v) is 2.57. The van der Waals surface area contributed by atoms with Gasteiger partial charge in [-0.1, -0.05) is 6.07 Å². The molecule has 0 unspecified atom stereocenters. The van der Waals surface area contributed by atoms with Gasteiger partial charge in [0.05, 0.1) is 18.5 Å². The molecule has 0 saturated heterocycles. The molecule has 0 atom stereocenters. The highest BCUT2D eigenvalue weighted by atomic mass is 79.9. The van der Waals surface area contributed by atoms with Gasteiger partial charge in [-0.15, -0.1) is 0 Å². The summed E-state index contributed by atoms with van der Waals surface area (Å²) in [6.45, 7) is 4.38. The van der Waals surface area contributed by atoms with E-state index in [1.165, 1.54) is 0 Å². The molecule has 1 aromatic heterocycles. The maximum Gasteiger partial charge on any atom is 0.123 e. The second-order valence-electron chi connectivity index (χ2n) is 4.08. The van der Waals surface area contributed by atoms with Crippen LogP contribution in [0.2, 0.25) is 0 Å². The lowest BCUT2D eigenvalue weighted by molar-refractivity contribution is 0.503. The zero-order valence-electron chi connectivity index (χ0n) is 10.4. The zero-order chi connectivity index (χ0) is 13.0. The lowest BCUT2D eigenvalue weighted by Gasteiger charge is -2.23. The summed E-state index contributed by atoms with van der Waals surface area (Å²) in [6, 6.07) is 10.1. The van der Waals surface area contributed by atoms with Crippen molar-refractivity contribution in [1.82, 2.24) is 0 Å². The number of benzene rings is 1. The Bertz CT molecular complexity index is 497. The summed E-state index contributed by atoms with van der Waals surface area (Å²) in [4.78, 5) is 2.25. The van der Waals surface area contributed by atoms with Gasteiger partial charge in [0, 0.05) is 17.6 Å². The highest BCUT2D eigenvalue weighted by Crippen LogP contribution is 2.28. The Labute approximate surface area is 116 Å². The standard InChI is InChI=1S/C14H17BrN2O/c1-2-17(10-12-4-3-7-18-12)14-6-5-11(9-16)8-13(14)15/h3-8H,2,9-10,16H2,1H3. The first-order chi connectivity index (χ1) is 8.74. The third-order valence-electron chi connectivity index (χ3n) is 2.90. The van der Waals surface area contributed by atoms with Crippen LogP contribution in [0.3, 0.4) is 0 Å². The van der Waals surface area contributed by atoms with Gasteiger partial charge in [0.15, 0.2) is 0 Å². The number of nitrogens with two attached hydrogens (primary N) is 1. The summed E-state index contributed by atoms with van der Waals surface area (Å²) in [5.41, 5.74) is 7.92. The average molecular weight is 309 g/mol. The Morgan fingerprint density at radius 1 is 1.33 bits per heavy atom. The number of hydrogen-bond acceptors (Lipinski definition) is 3. The highest BCUT2D eigenvalue weighted by molar-refractivity contribution is 9.10. The minimum Gasteiger partial charge on any atom is -0.467 e. The second-order valence-corrected chi connectivity index (χ2v) is 4.94.